The van der Waals surface area contributed by atoms with Crippen LogP contribution in [0.15, 0.2) is 132 Å². The number of allylic oxidation sites excluding steroid dienone is 22. The molecule has 0 nitrogen and oxygen atoms in total. The molecule has 0 spiro atoms. The fourth-order valence-corrected chi connectivity index (χ4v) is 5.22. The Morgan fingerprint density at radius 2 is 0.667 bits per heavy atom. The van der Waals surface area contributed by atoms with Crippen LogP contribution in [0.25, 0.3) is 0 Å². The van der Waals surface area contributed by atoms with Crippen molar-refractivity contribution in [2.45, 2.75) is 80.1 Å². The van der Waals surface area contributed by atoms with Gasteiger partial charge in [0.25, 0.3) is 0 Å². The lowest BCUT2D eigenvalue weighted by molar-refractivity contribution is 0.376. The molecule has 0 radical (unpaired) electrons. The summed E-state index contributed by atoms with van der Waals surface area (Å²) in [6.07, 6.45) is 45.5. The SMILES string of the molecule is CC1=C(/C=C/C=C/C=C/C=C/C=C/C=C/C=C/C=C/C=C/C2=C(C)CCCC2(C)C)C(C)(C)CCC1. The smallest absolute Gasteiger partial charge is 0.0104 e. The van der Waals surface area contributed by atoms with Crippen molar-refractivity contribution in [1.29, 1.82) is 0 Å². The summed E-state index contributed by atoms with van der Waals surface area (Å²) in [4.78, 5) is 0. The van der Waals surface area contributed by atoms with Crippen molar-refractivity contribution in [2.24, 2.45) is 10.8 Å². The molecule has 0 heteroatoms. The second-order valence-electron chi connectivity index (χ2n) is 11.3. The molecule has 0 bridgehead atoms. The highest BCUT2D eigenvalue weighted by Crippen LogP contribution is 2.41. The van der Waals surface area contributed by atoms with E-state index in [0.717, 1.165) is 0 Å². The Balaban J connectivity index is 1.67. The van der Waals surface area contributed by atoms with Gasteiger partial charge in [0, 0.05) is 0 Å². The minimum atomic E-state index is 0.305. The Morgan fingerprint density at radius 3 is 0.917 bits per heavy atom. The van der Waals surface area contributed by atoms with Gasteiger partial charge in [-0.25, -0.2) is 0 Å². The second-order valence-corrected chi connectivity index (χ2v) is 11.3. The van der Waals surface area contributed by atoms with E-state index in [1.165, 1.54) is 49.7 Å². The van der Waals surface area contributed by atoms with E-state index >= 15 is 0 Å². The molecule has 0 aliphatic heterocycles. The zero-order valence-corrected chi connectivity index (χ0v) is 23.6. The summed E-state index contributed by atoms with van der Waals surface area (Å²) in [6.45, 7) is 14.0. The molecule has 0 aromatic rings. The van der Waals surface area contributed by atoms with Crippen molar-refractivity contribution in [2.75, 3.05) is 0 Å². The summed E-state index contributed by atoms with van der Waals surface area (Å²) >= 11 is 0. The molecule has 2 rings (SSSR count). The lowest BCUT2D eigenvalue weighted by atomic mass is 9.72. The van der Waals surface area contributed by atoms with Gasteiger partial charge in [-0.15, -0.1) is 0 Å². The maximum atomic E-state index is 2.36. The van der Waals surface area contributed by atoms with Crippen LogP contribution in [0, 0.1) is 10.8 Å². The van der Waals surface area contributed by atoms with Crippen LogP contribution in [0.4, 0.5) is 0 Å². The fourth-order valence-electron chi connectivity index (χ4n) is 5.22. The minimum absolute atomic E-state index is 0.305. The van der Waals surface area contributed by atoms with Gasteiger partial charge in [0.2, 0.25) is 0 Å². The standard InChI is InChI=1S/C36H48/c1-31-25-23-29-35(3,4)33(31)27-21-19-17-15-13-11-9-7-8-10-12-14-16-18-20-22-28-34-32(2)26-24-30-36(34,5)6/h7-22,27-28H,23-26,29-30H2,1-6H3/b8-7+,11-9+,12-10+,15-13+,16-14+,19-17+,20-18+,27-21+,28-22+. The molecule has 0 aromatic carbocycles. The van der Waals surface area contributed by atoms with E-state index in [2.05, 4.69) is 114 Å². The third kappa shape index (κ3) is 10.4. The highest BCUT2D eigenvalue weighted by atomic mass is 14.3. The third-order valence-electron chi connectivity index (χ3n) is 7.28. The summed E-state index contributed by atoms with van der Waals surface area (Å²) < 4.78 is 0. The van der Waals surface area contributed by atoms with Crippen LogP contribution >= 0.6 is 0 Å². The van der Waals surface area contributed by atoms with Gasteiger partial charge < -0.3 is 0 Å². The maximum absolute atomic E-state index is 2.36. The molecule has 0 fully saturated rings. The monoisotopic (exact) mass is 480 g/mol. The highest BCUT2D eigenvalue weighted by Gasteiger charge is 2.27. The molecule has 0 amide bonds. The Labute approximate surface area is 222 Å². The molecule has 0 N–H and O–H groups in total. The van der Waals surface area contributed by atoms with Crippen molar-refractivity contribution >= 4 is 0 Å². The molecule has 0 aromatic heterocycles. The molecule has 2 aliphatic rings. The third-order valence-corrected chi connectivity index (χ3v) is 7.28. The summed E-state index contributed by atoms with van der Waals surface area (Å²) in [6, 6.07) is 0. The quantitative estimate of drug-likeness (QED) is 0.273. The van der Waals surface area contributed by atoms with Gasteiger partial charge in [-0.05, 0) is 74.3 Å². The van der Waals surface area contributed by atoms with Gasteiger partial charge in [0.1, 0.15) is 0 Å². The van der Waals surface area contributed by atoms with Crippen molar-refractivity contribution in [3.63, 3.8) is 0 Å². The topological polar surface area (TPSA) is 0 Å². The van der Waals surface area contributed by atoms with Crippen LogP contribution < -0.4 is 0 Å². The lowest BCUT2D eigenvalue weighted by Gasteiger charge is -2.32. The van der Waals surface area contributed by atoms with E-state index < -0.39 is 0 Å². The molecule has 0 saturated carbocycles. The van der Waals surface area contributed by atoms with Crippen LogP contribution in [0.2, 0.25) is 0 Å². The van der Waals surface area contributed by atoms with E-state index in [1.54, 1.807) is 11.1 Å². The van der Waals surface area contributed by atoms with Gasteiger partial charge in [-0.2, -0.15) is 0 Å². The summed E-state index contributed by atoms with van der Waals surface area (Å²) in [5, 5.41) is 0. The van der Waals surface area contributed by atoms with E-state index in [0.29, 0.717) is 10.8 Å². The first-order chi connectivity index (χ1) is 17.2. The van der Waals surface area contributed by atoms with E-state index in [-0.39, 0.29) is 0 Å². The normalized spacial score (nSPS) is 21.8. The summed E-state index contributed by atoms with van der Waals surface area (Å²) in [5.41, 5.74) is 6.71. The zero-order chi connectivity index (χ0) is 26.3. The molecule has 0 unspecified atom stereocenters. The van der Waals surface area contributed by atoms with Gasteiger partial charge in [0.15, 0.2) is 0 Å². The predicted molar refractivity (Wildman–Crippen MR) is 163 cm³/mol. The van der Waals surface area contributed by atoms with Gasteiger partial charge in [-0.3, -0.25) is 0 Å². The van der Waals surface area contributed by atoms with Crippen LogP contribution in [0.5, 0.6) is 0 Å². The number of hydrogen-bond donors (Lipinski definition) is 0. The number of hydrogen-bond acceptors (Lipinski definition) is 0. The Hall–Kier alpha value is -2.86. The Kier molecular flexibility index (Phi) is 12.5. The lowest BCUT2D eigenvalue weighted by Crippen LogP contribution is -2.18. The second kappa shape index (κ2) is 15.3. The average molecular weight is 481 g/mol. The van der Waals surface area contributed by atoms with Crippen molar-refractivity contribution in [3.05, 3.63) is 132 Å². The van der Waals surface area contributed by atoms with E-state index in [9.17, 15) is 0 Å². The van der Waals surface area contributed by atoms with E-state index in [1.807, 2.05) is 36.5 Å². The first kappa shape index (κ1) is 29.4. The first-order valence-corrected chi connectivity index (χ1v) is 13.7. The van der Waals surface area contributed by atoms with Gasteiger partial charge >= 0.3 is 0 Å². The molecule has 0 heterocycles. The Morgan fingerprint density at radius 1 is 0.417 bits per heavy atom. The summed E-state index contributed by atoms with van der Waals surface area (Å²) in [7, 11) is 0. The predicted octanol–water partition coefficient (Wildman–Crippen LogP) is 11.0. The van der Waals surface area contributed by atoms with Crippen LogP contribution in [0.3, 0.4) is 0 Å². The molecular weight excluding hydrogens is 432 g/mol. The minimum Gasteiger partial charge on any atom is -0.0696 e. The average Bonchev–Trinajstić information content (AvgIpc) is 2.80. The molecule has 36 heavy (non-hydrogen) atoms. The number of rotatable bonds is 10. The van der Waals surface area contributed by atoms with Crippen LogP contribution in [-0.4, -0.2) is 0 Å². The fraction of sp³-hybridized carbons (Fsp3) is 0.389. The van der Waals surface area contributed by atoms with Crippen molar-refractivity contribution in [1.82, 2.24) is 0 Å². The van der Waals surface area contributed by atoms with Gasteiger partial charge in [0.05, 0.1) is 0 Å². The first-order valence-electron chi connectivity index (χ1n) is 13.7. The Bertz CT molecular complexity index is 946. The van der Waals surface area contributed by atoms with Crippen molar-refractivity contribution < 1.29 is 0 Å². The largest absolute Gasteiger partial charge is 0.0696 e. The highest BCUT2D eigenvalue weighted by molar-refractivity contribution is 5.35. The molecule has 2 aliphatic carbocycles. The molecular formula is C36H48. The maximum Gasteiger partial charge on any atom is -0.0104 e. The molecule has 0 saturated heterocycles. The summed E-state index contributed by atoms with van der Waals surface area (Å²) in [5.74, 6) is 0. The molecule has 0 atom stereocenters. The van der Waals surface area contributed by atoms with Crippen molar-refractivity contribution in [3.8, 4) is 0 Å². The molecule has 192 valence electrons. The van der Waals surface area contributed by atoms with E-state index in [4.69, 9.17) is 0 Å². The zero-order valence-electron chi connectivity index (χ0n) is 23.6. The van der Waals surface area contributed by atoms with Gasteiger partial charge in [-0.1, -0.05) is 148 Å². The van der Waals surface area contributed by atoms with Crippen LogP contribution in [-0.2, 0) is 0 Å². The van der Waals surface area contributed by atoms with Crippen LogP contribution in [0.1, 0.15) is 80.1 Å².